The molecule has 1 spiro atoms. The van der Waals surface area contributed by atoms with Gasteiger partial charge in [0.2, 0.25) is 0 Å². The summed E-state index contributed by atoms with van der Waals surface area (Å²) in [5.41, 5.74) is 0.952. The molecular formula is C33H34FN5O5. The van der Waals surface area contributed by atoms with Gasteiger partial charge in [0, 0.05) is 30.9 Å². The molecule has 2 saturated heterocycles. The van der Waals surface area contributed by atoms with Crippen LogP contribution in [0.15, 0.2) is 77.3 Å². The molecule has 3 amide bonds. The van der Waals surface area contributed by atoms with Crippen LogP contribution in [0.4, 0.5) is 14.9 Å². The number of halogens is 1. The number of hydrogen-bond acceptors (Lipinski definition) is 8. The molecule has 0 atom stereocenters. The molecule has 0 N–H and O–H groups in total. The number of carbonyl (C=O) groups excluding carboxylic acids is 2. The predicted molar refractivity (Wildman–Crippen MR) is 161 cm³/mol. The Morgan fingerprint density at radius 1 is 0.955 bits per heavy atom. The molecule has 2 aliphatic rings. The van der Waals surface area contributed by atoms with E-state index in [1.807, 2.05) is 38.1 Å². The Hall–Kier alpha value is -4.77. The number of nitrogens with zero attached hydrogens (tertiary/aromatic N) is 5. The van der Waals surface area contributed by atoms with Crippen molar-refractivity contribution in [2.45, 2.75) is 51.4 Å². The van der Waals surface area contributed by atoms with Crippen LogP contribution in [0.3, 0.4) is 0 Å². The normalized spacial score (nSPS) is 16.8. The Labute approximate surface area is 255 Å². The van der Waals surface area contributed by atoms with Crippen molar-refractivity contribution in [1.29, 1.82) is 0 Å². The number of anilines is 1. The van der Waals surface area contributed by atoms with Crippen molar-refractivity contribution in [2.75, 3.05) is 25.1 Å². The summed E-state index contributed by atoms with van der Waals surface area (Å²) in [7, 11) is 1.58. The zero-order valence-electron chi connectivity index (χ0n) is 24.9. The number of urea groups is 1. The van der Waals surface area contributed by atoms with Gasteiger partial charge in [0.15, 0.2) is 5.82 Å². The summed E-state index contributed by atoms with van der Waals surface area (Å²) in [6.45, 7) is 5.62. The molecule has 3 aromatic carbocycles. The van der Waals surface area contributed by atoms with Gasteiger partial charge in [-0.2, -0.15) is 4.98 Å². The number of aromatic nitrogens is 2. The fourth-order valence-electron chi connectivity index (χ4n) is 5.93. The van der Waals surface area contributed by atoms with Gasteiger partial charge in [-0.3, -0.25) is 19.5 Å². The number of ether oxygens (including phenoxy) is 2. The molecule has 4 aromatic rings. The molecule has 1 aromatic heterocycles. The van der Waals surface area contributed by atoms with Gasteiger partial charge >= 0.3 is 6.03 Å². The van der Waals surface area contributed by atoms with Crippen molar-refractivity contribution >= 4 is 17.6 Å². The Kier molecular flexibility index (Phi) is 8.05. The van der Waals surface area contributed by atoms with Gasteiger partial charge in [-0.05, 0) is 86.8 Å². The van der Waals surface area contributed by atoms with E-state index in [1.165, 1.54) is 17.0 Å². The second-order valence-electron chi connectivity index (χ2n) is 11.4. The second-order valence-corrected chi connectivity index (χ2v) is 11.4. The lowest BCUT2D eigenvalue weighted by Crippen LogP contribution is -2.56. The number of benzene rings is 3. The lowest BCUT2D eigenvalue weighted by molar-refractivity contribution is -0.132. The van der Waals surface area contributed by atoms with E-state index in [4.69, 9.17) is 14.0 Å². The highest BCUT2D eigenvalue weighted by Gasteiger charge is 2.58. The van der Waals surface area contributed by atoms with E-state index in [0.29, 0.717) is 49.5 Å². The average Bonchev–Trinajstić information content (AvgIpc) is 3.56. The molecule has 10 nitrogen and oxygen atoms in total. The van der Waals surface area contributed by atoms with E-state index in [-0.39, 0.29) is 30.3 Å². The monoisotopic (exact) mass is 599 g/mol. The Morgan fingerprint density at radius 2 is 1.70 bits per heavy atom. The van der Waals surface area contributed by atoms with Gasteiger partial charge in [0.05, 0.1) is 19.8 Å². The first kappa shape index (κ1) is 29.3. The standard InChI is InChI=1S/C33H34FN5O5/c1-22(2)43-28-9-4-6-23(18-28)20-37-16-14-33(15-17-37)31(40)38(32(41)39(33)26-8-5-7-25(34)19-26)21-29-35-30(44-36-29)24-10-12-27(42-3)13-11-24/h4-13,18-19,22H,14-17,20-21H2,1-3H3. The summed E-state index contributed by atoms with van der Waals surface area (Å²) < 4.78 is 30.9. The summed E-state index contributed by atoms with van der Waals surface area (Å²) >= 11 is 0. The fraction of sp³-hybridized carbons (Fsp3) is 0.333. The number of rotatable bonds is 9. The number of likely N-dealkylation sites (tertiary alicyclic amines) is 1. The van der Waals surface area contributed by atoms with Crippen molar-refractivity contribution < 1.29 is 28.0 Å². The SMILES string of the molecule is COc1ccc(-c2nc(CN3C(=O)N(c4cccc(F)c4)C4(CCN(Cc5cccc(OC(C)C)c5)CC4)C3=O)no2)cc1. The van der Waals surface area contributed by atoms with E-state index in [0.717, 1.165) is 16.2 Å². The summed E-state index contributed by atoms with van der Waals surface area (Å²) in [6, 6.07) is 20.4. The predicted octanol–water partition coefficient (Wildman–Crippen LogP) is 5.68. The third kappa shape index (κ3) is 5.74. The maximum atomic E-state index is 14.4. The van der Waals surface area contributed by atoms with Crippen molar-refractivity contribution in [3.05, 3.63) is 90.0 Å². The first-order valence-corrected chi connectivity index (χ1v) is 14.6. The molecule has 0 saturated carbocycles. The second kappa shape index (κ2) is 12.1. The van der Waals surface area contributed by atoms with Crippen LogP contribution in [0.25, 0.3) is 11.5 Å². The summed E-state index contributed by atoms with van der Waals surface area (Å²) in [5, 5.41) is 4.04. The van der Waals surface area contributed by atoms with E-state index in [1.54, 1.807) is 43.5 Å². The van der Waals surface area contributed by atoms with Crippen molar-refractivity contribution in [2.24, 2.45) is 0 Å². The van der Waals surface area contributed by atoms with Crippen LogP contribution in [-0.4, -0.2) is 63.7 Å². The molecule has 11 heteroatoms. The highest BCUT2D eigenvalue weighted by Crippen LogP contribution is 2.41. The number of imide groups is 1. The van der Waals surface area contributed by atoms with Crippen LogP contribution in [0.1, 0.15) is 38.1 Å². The van der Waals surface area contributed by atoms with E-state index in [2.05, 4.69) is 15.0 Å². The first-order chi connectivity index (χ1) is 21.3. The molecule has 228 valence electrons. The fourth-order valence-corrected chi connectivity index (χ4v) is 5.93. The maximum absolute atomic E-state index is 14.4. The lowest BCUT2D eigenvalue weighted by Gasteiger charge is -2.42. The number of amides is 3. The first-order valence-electron chi connectivity index (χ1n) is 14.6. The smallest absolute Gasteiger partial charge is 0.332 e. The number of hydrogen-bond donors (Lipinski definition) is 0. The Balaban J connectivity index is 1.23. The van der Waals surface area contributed by atoms with Crippen LogP contribution in [0.5, 0.6) is 11.5 Å². The van der Waals surface area contributed by atoms with E-state index in [9.17, 15) is 14.0 Å². The van der Waals surface area contributed by atoms with Crippen molar-refractivity contribution in [3.8, 4) is 23.0 Å². The largest absolute Gasteiger partial charge is 0.497 e. The molecular weight excluding hydrogens is 565 g/mol. The maximum Gasteiger partial charge on any atom is 0.332 e. The zero-order valence-corrected chi connectivity index (χ0v) is 24.9. The molecule has 0 bridgehead atoms. The highest BCUT2D eigenvalue weighted by atomic mass is 19.1. The molecule has 0 radical (unpaired) electrons. The molecule has 44 heavy (non-hydrogen) atoms. The van der Waals surface area contributed by atoms with Gasteiger partial charge in [-0.25, -0.2) is 9.18 Å². The molecule has 6 rings (SSSR count). The molecule has 0 unspecified atom stereocenters. The van der Waals surface area contributed by atoms with Gasteiger partial charge < -0.3 is 14.0 Å². The quantitative estimate of drug-likeness (QED) is 0.227. The highest BCUT2D eigenvalue weighted by molar-refractivity contribution is 6.16. The molecule has 2 aliphatic heterocycles. The molecule has 0 aliphatic carbocycles. The Bertz CT molecular complexity index is 1650. The summed E-state index contributed by atoms with van der Waals surface area (Å²) in [6.07, 6.45) is 0.843. The molecule has 2 fully saturated rings. The Morgan fingerprint density at radius 3 is 2.41 bits per heavy atom. The van der Waals surface area contributed by atoms with E-state index >= 15 is 0 Å². The zero-order chi connectivity index (χ0) is 30.8. The van der Waals surface area contributed by atoms with Crippen LogP contribution < -0.4 is 14.4 Å². The minimum absolute atomic E-state index is 0.0734. The summed E-state index contributed by atoms with van der Waals surface area (Å²) in [5.74, 6) is 1.11. The number of methoxy groups -OCH3 is 1. The van der Waals surface area contributed by atoms with Crippen molar-refractivity contribution in [3.63, 3.8) is 0 Å². The third-order valence-corrected chi connectivity index (χ3v) is 8.02. The van der Waals surface area contributed by atoms with E-state index < -0.39 is 17.4 Å². The minimum Gasteiger partial charge on any atom is -0.497 e. The van der Waals surface area contributed by atoms with Gasteiger partial charge in [-0.15, -0.1) is 0 Å². The summed E-state index contributed by atoms with van der Waals surface area (Å²) in [4.78, 5) is 37.4. The van der Waals surface area contributed by atoms with Gasteiger partial charge in [0.1, 0.15) is 22.9 Å². The topological polar surface area (TPSA) is 101 Å². The minimum atomic E-state index is -1.16. The number of carbonyl (C=O) groups is 2. The van der Waals surface area contributed by atoms with Crippen LogP contribution >= 0.6 is 0 Å². The average molecular weight is 600 g/mol. The third-order valence-electron chi connectivity index (χ3n) is 8.02. The van der Waals surface area contributed by atoms with Crippen LogP contribution in [0.2, 0.25) is 0 Å². The van der Waals surface area contributed by atoms with Crippen molar-refractivity contribution in [1.82, 2.24) is 19.9 Å². The lowest BCUT2D eigenvalue weighted by atomic mass is 9.85. The molecule has 3 heterocycles. The van der Waals surface area contributed by atoms with Gasteiger partial charge in [0.25, 0.3) is 11.8 Å². The van der Waals surface area contributed by atoms with Crippen LogP contribution in [-0.2, 0) is 17.9 Å². The van der Waals surface area contributed by atoms with Gasteiger partial charge in [-0.1, -0.05) is 23.4 Å². The van der Waals surface area contributed by atoms with Crippen LogP contribution in [0, 0.1) is 5.82 Å². The number of piperidine rings is 1.